The summed E-state index contributed by atoms with van der Waals surface area (Å²) in [6.45, 7) is 10.5. The maximum absolute atomic E-state index is 10.9. The summed E-state index contributed by atoms with van der Waals surface area (Å²) in [6.07, 6.45) is 2.55. The van der Waals surface area contributed by atoms with E-state index in [1.807, 2.05) is 0 Å². The molecular weight excluding hydrogens is 256 g/mol. The quantitative estimate of drug-likeness (QED) is 0.896. The zero-order chi connectivity index (χ0) is 14.1. The molecule has 0 radical (unpaired) electrons. The van der Waals surface area contributed by atoms with Crippen molar-refractivity contribution in [1.29, 1.82) is 0 Å². The first-order valence-corrected chi connectivity index (χ1v) is 8.11. The average Bonchev–Trinajstić information content (AvgIpc) is 2.77. The Morgan fingerprint density at radius 3 is 2.84 bits per heavy atom. The zero-order valence-electron chi connectivity index (χ0n) is 12.5. The number of thiazole rings is 1. The molecule has 1 saturated heterocycles. The van der Waals surface area contributed by atoms with Gasteiger partial charge >= 0.3 is 0 Å². The minimum Gasteiger partial charge on any atom is -0.389 e. The summed E-state index contributed by atoms with van der Waals surface area (Å²) >= 11 is 1.69. The van der Waals surface area contributed by atoms with Gasteiger partial charge in [0.15, 0.2) is 0 Å². The second-order valence-corrected chi connectivity index (χ2v) is 7.66. The van der Waals surface area contributed by atoms with E-state index in [0.29, 0.717) is 12.3 Å². The molecule has 2 atom stereocenters. The Hall–Kier alpha value is -0.450. The first-order chi connectivity index (χ1) is 8.85. The molecule has 1 aromatic heterocycles. The molecule has 3 nitrogen and oxygen atoms in total. The van der Waals surface area contributed by atoms with Crippen LogP contribution in [0.4, 0.5) is 0 Å². The molecule has 0 aromatic carbocycles. The lowest BCUT2D eigenvalue weighted by Crippen LogP contribution is -2.51. The van der Waals surface area contributed by atoms with Crippen LogP contribution >= 0.6 is 11.3 Å². The molecule has 0 bridgehead atoms. The van der Waals surface area contributed by atoms with Crippen LogP contribution in [0, 0.1) is 5.92 Å². The number of piperidine rings is 1. The Morgan fingerprint density at radius 1 is 1.53 bits per heavy atom. The SMILES string of the molecule is CCC1CNCCC1(O)Cc1nc(C(C)(C)C)cs1. The maximum atomic E-state index is 10.9. The van der Waals surface area contributed by atoms with Crippen LogP contribution in [0.2, 0.25) is 0 Å². The number of rotatable bonds is 3. The summed E-state index contributed by atoms with van der Waals surface area (Å²) in [7, 11) is 0. The predicted molar refractivity (Wildman–Crippen MR) is 80.7 cm³/mol. The Kier molecular flexibility index (Phi) is 4.33. The molecule has 1 aliphatic heterocycles. The lowest BCUT2D eigenvalue weighted by atomic mass is 9.78. The van der Waals surface area contributed by atoms with E-state index in [4.69, 9.17) is 4.98 Å². The van der Waals surface area contributed by atoms with Crippen molar-refractivity contribution in [3.8, 4) is 0 Å². The molecule has 1 aromatic rings. The van der Waals surface area contributed by atoms with Gasteiger partial charge in [0.1, 0.15) is 0 Å². The highest BCUT2D eigenvalue weighted by molar-refractivity contribution is 7.09. The van der Waals surface area contributed by atoms with E-state index in [2.05, 4.69) is 38.4 Å². The van der Waals surface area contributed by atoms with Gasteiger partial charge in [-0.1, -0.05) is 27.7 Å². The smallest absolute Gasteiger partial charge is 0.0957 e. The number of nitrogens with zero attached hydrogens (tertiary/aromatic N) is 1. The monoisotopic (exact) mass is 282 g/mol. The molecular formula is C15H26N2OS. The third-order valence-corrected chi connectivity index (χ3v) is 5.00. The zero-order valence-corrected chi connectivity index (χ0v) is 13.3. The number of hydrogen-bond donors (Lipinski definition) is 2. The molecule has 19 heavy (non-hydrogen) atoms. The minimum atomic E-state index is -0.576. The summed E-state index contributed by atoms with van der Waals surface area (Å²) < 4.78 is 0. The second kappa shape index (κ2) is 5.51. The lowest BCUT2D eigenvalue weighted by Gasteiger charge is -2.39. The third-order valence-electron chi connectivity index (χ3n) is 4.16. The topological polar surface area (TPSA) is 45.1 Å². The van der Waals surface area contributed by atoms with Gasteiger partial charge in [0.25, 0.3) is 0 Å². The number of nitrogens with one attached hydrogen (secondary N) is 1. The molecule has 0 saturated carbocycles. The molecule has 0 aliphatic carbocycles. The molecule has 2 heterocycles. The maximum Gasteiger partial charge on any atom is 0.0957 e. The normalized spacial score (nSPS) is 28.6. The summed E-state index contributed by atoms with van der Waals surface area (Å²) in [5, 5.41) is 17.5. The van der Waals surface area contributed by atoms with Gasteiger partial charge < -0.3 is 10.4 Å². The van der Waals surface area contributed by atoms with Crippen LogP contribution in [0.15, 0.2) is 5.38 Å². The van der Waals surface area contributed by atoms with Gasteiger partial charge in [0.05, 0.1) is 16.3 Å². The average molecular weight is 282 g/mol. The van der Waals surface area contributed by atoms with Crippen LogP contribution in [-0.4, -0.2) is 28.8 Å². The largest absolute Gasteiger partial charge is 0.389 e. The van der Waals surface area contributed by atoms with Crippen molar-refractivity contribution >= 4 is 11.3 Å². The fraction of sp³-hybridized carbons (Fsp3) is 0.800. The number of aliphatic hydroxyl groups is 1. The minimum absolute atomic E-state index is 0.0929. The van der Waals surface area contributed by atoms with Gasteiger partial charge in [-0.15, -0.1) is 11.3 Å². The number of hydrogen-bond acceptors (Lipinski definition) is 4. The summed E-state index contributed by atoms with van der Waals surface area (Å²) in [4.78, 5) is 4.73. The summed E-state index contributed by atoms with van der Waals surface area (Å²) in [5.74, 6) is 0.336. The molecule has 0 amide bonds. The van der Waals surface area contributed by atoms with Crippen molar-refractivity contribution in [2.45, 2.75) is 58.0 Å². The Labute approximate surface area is 120 Å². The Balaban J connectivity index is 2.13. The van der Waals surface area contributed by atoms with Crippen molar-refractivity contribution in [2.75, 3.05) is 13.1 Å². The standard InChI is InChI=1S/C15H26N2OS/c1-5-11-9-16-7-6-15(11,18)8-13-17-12(10-19-13)14(2,3)4/h10-11,16,18H,5-9H2,1-4H3. The van der Waals surface area contributed by atoms with Crippen molar-refractivity contribution in [3.05, 3.63) is 16.1 Å². The fourth-order valence-electron chi connectivity index (χ4n) is 2.73. The Bertz CT molecular complexity index is 424. The highest BCUT2D eigenvalue weighted by Gasteiger charge is 2.38. The fourth-order valence-corrected chi connectivity index (χ4v) is 3.87. The molecule has 108 valence electrons. The van der Waals surface area contributed by atoms with Crippen molar-refractivity contribution in [2.24, 2.45) is 5.92 Å². The highest BCUT2D eigenvalue weighted by atomic mass is 32.1. The third kappa shape index (κ3) is 3.36. The Morgan fingerprint density at radius 2 is 2.26 bits per heavy atom. The van der Waals surface area contributed by atoms with Gasteiger partial charge in [-0.2, -0.15) is 0 Å². The van der Waals surface area contributed by atoms with E-state index in [1.54, 1.807) is 11.3 Å². The van der Waals surface area contributed by atoms with Gasteiger partial charge in [0.2, 0.25) is 0 Å². The molecule has 2 rings (SSSR count). The molecule has 1 aliphatic rings. The number of aromatic nitrogens is 1. The van der Waals surface area contributed by atoms with Crippen LogP contribution in [0.1, 0.15) is 51.2 Å². The summed E-state index contributed by atoms with van der Waals surface area (Å²) in [5.41, 5.74) is 0.654. The van der Waals surface area contributed by atoms with Crippen molar-refractivity contribution < 1.29 is 5.11 Å². The van der Waals surface area contributed by atoms with E-state index >= 15 is 0 Å². The highest BCUT2D eigenvalue weighted by Crippen LogP contribution is 2.33. The molecule has 0 spiro atoms. The van der Waals surface area contributed by atoms with E-state index in [1.165, 1.54) is 0 Å². The molecule has 4 heteroatoms. The van der Waals surface area contributed by atoms with Crippen LogP contribution in [0.3, 0.4) is 0 Å². The lowest BCUT2D eigenvalue weighted by molar-refractivity contribution is -0.0414. The van der Waals surface area contributed by atoms with Crippen molar-refractivity contribution in [1.82, 2.24) is 10.3 Å². The van der Waals surface area contributed by atoms with Gasteiger partial charge in [-0.25, -0.2) is 4.98 Å². The van der Waals surface area contributed by atoms with Crippen LogP contribution < -0.4 is 5.32 Å². The molecule has 2 N–H and O–H groups in total. The van der Waals surface area contributed by atoms with Gasteiger partial charge in [-0.3, -0.25) is 0 Å². The summed E-state index contributed by atoms with van der Waals surface area (Å²) in [6, 6.07) is 0. The van der Waals surface area contributed by atoms with E-state index < -0.39 is 5.60 Å². The van der Waals surface area contributed by atoms with E-state index in [9.17, 15) is 5.11 Å². The van der Waals surface area contributed by atoms with Crippen LogP contribution in [0.25, 0.3) is 0 Å². The van der Waals surface area contributed by atoms with E-state index in [0.717, 1.165) is 36.6 Å². The van der Waals surface area contributed by atoms with E-state index in [-0.39, 0.29) is 5.41 Å². The van der Waals surface area contributed by atoms with Crippen molar-refractivity contribution in [3.63, 3.8) is 0 Å². The van der Waals surface area contributed by atoms with Gasteiger partial charge in [-0.05, 0) is 19.4 Å². The van der Waals surface area contributed by atoms with Crippen LogP contribution in [0.5, 0.6) is 0 Å². The first-order valence-electron chi connectivity index (χ1n) is 7.23. The van der Waals surface area contributed by atoms with Gasteiger partial charge in [0, 0.05) is 29.7 Å². The predicted octanol–water partition coefficient (Wildman–Crippen LogP) is 2.73. The molecule has 1 fully saturated rings. The first kappa shape index (κ1) is 14.9. The molecule has 2 unspecified atom stereocenters. The van der Waals surface area contributed by atoms with Crippen LogP contribution in [-0.2, 0) is 11.8 Å². The second-order valence-electron chi connectivity index (χ2n) is 6.72.